The van der Waals surface area contributed by atoms with Gasteiger partial charge in [-0.3, -0.25) is 4.79 Å². The van der Waals surface area contributed by atoms with E-state index in [1.807, 2.05) is 24.3 Å². The van der Waals surface area contributed by atoms with E-state index in [4.69, 9.17) is 16.3 Å². The number of ether oxygens (including phenoxy) is 1. The first-order valence-electron chi connectivity index (χ1n) is 9.06. The normalized spacial score (nSPS) is 15.9. The van der Waals surface area contributed by atoms with E-state index in [1.54, 1.807) is 19.2 Å². The molecule has 1 heterocycles. The number of piperidine rings is 1. The molecule has 1 aliphatic rings. The van der Waals surface area contributed by atoms with Crippen molar-refractivity contribution in [3.05, 3.63) is 59.1 Å². The first kappa shape index (κ1) is 20.6. The fourth-order valence-electron chi connectivity index (χ4n) is 3.23. The van der Waals surface area contributed by atoms with E-state index in [0.717, 1.165) is 11.3 Å². The Morgan fingerprint density at radius 2 is 1.86 bits per heavy atom. The number of methoxy groups -OCH3 is 1. The van der Waals surface area contributed by atoms with Gasteiger partial charge in [0.15, 0.2) is 0 Å². The van der Waals surface area contributed by atoms with Gasteiger partial charge in [-0.15, -0.1) is 0 Å². The molecule has 0 aromatic heterocycles. The molecule has 8 heteroatoms. The third-order valence-electron chi connectivity index (χ3n) is 4.88. The fourth-order valence-corrected chi connectivity index (χ4v) is 4.83. The third kappa shape index (κ3) is 4.84. The number of carbonyl (C=O) groups excluding carboxylic acids is 1. The molecular formula is C20H23ClN2O4S. The van der Waals surface area contributed by atoms with Crippen LogP contribution in [0.5, 0.6) is 5.75 Å². The highest BCUT2D eigenvalue weighted by molar-refractivity contribution is 7.89. The smallest absolute Gasteiger partial charge is 0.243 e. The van der Waals surface area contributed by atoms with Gasteiger partial charge in [0.1, 0.15) is 5.75 Å². The second-order valence-electron chi connectivity index (χ2n) is 6.70. The molecular weight excluding hydrogens is 400 g/mol. The molecule has 0 bridgehead atoms. The van der Waals surface area contributed by atoms with Crippen LogP contribution >= 0.6 is 11.6 Å². The van der Waals surface area contributed by atoms with Crippen LogP contribution in [0.3, 0.4) is 0 Å². The minimum atomic E-state index is -3.56. The van der Waals surface area contributed by atoms with E-state index in [0.29, 0.717) is 37.5 Å². The molecule has 150 valence electrons. The monoisotopic (exact) mass is 422 g/mol. The van der Waals surface area contributed by atoms with E-state index < -0.39 is 10.0 Å². The van der Waals surface area contributed by atoms with Crippen LogP contribution in [-0.2, 0) is 21.4 Å². The largest absolute Gasteiger partial charge is 0.497 e. The van der Waals surface area contributed by atoms with Gasteiger partial charge >= 0.3 is 0 Å². The van der Waals surface area contributed by atoms with Gasteiger partial charge in [0.25, 0.3) is 0 Å². The zero-order chi connectivity index (χ0) is 20.1. The summed E-state index contributed by atoms with van der Waals surface area (Å²) in [6.07, 6.45) is 0.994. The Kier molecular flexibility index (Phi) is 6.59. The number of carbonyl (C=O) groups is 1. The summed E-state index contributed by atoms with van der Waals surface area (Å²) in [7, 11) is -1.96. The molecule has 0 saturated carbocycles. The summed E-state index contributed by atoms with van der Waals surface area (Å²) in [4.78, 5) is 12.7. The van der Waals surface area contributed by atoms with Gasteiger partial charge in [0, 0.05) is 30.6 Å². The van der Waals surface area contributed by atoms with Crippen molar-refractivity contribution < 1.29 is 17.9 Å². The summed E-state index contributed by atoms with van der Waals surface area (Å²) in [6.45, 7) is 1.06. The molecule has 0 atom stereocenters. The molecule has 2 aromatic carbocycles. The summed E-state index contributed by atoms with van der Waals surface area (Å²) < 4.78 is 32.0. The number of hydrogen-bond donors (Lipinski definition) is 1. The van der Waals surface area contributed by atoms with Crippen molar-refractivity contribution in [1.82, 2.24) is 9.62 Å². The molecule has 1 fully saturated rings. The topological polar surface area (TPSA) is 75.7 Å². The lowest BCUT2D eigenvalue weighted by molar-refractivity contribution is -0.126. The van der Waals surface area contributed by atoms with Gasteiger partial charge in [-0.1, -0.05) is 23.7 Å². The van der Waals surface area contributed by atoms with Crippen LogP contribution < -0.4 is 10.1 Å². The zero-order valence-electron chi connectivity index (χ0n) is 15.6. The molecule has 28 heavy (non-hydrogen) atoms. The summed E-state index contributed by atoms with van der Waals surface area (Å²) in [5, 5.41) is 3.43. The molecule has 0 radical (unpaired) electrons. The summed E-state index contributed by atoms with van der Waals surface area (Å²) in [6, 6.07) is 13.7. The quantitative estimate of drug-likeness (QED) is 0.776. The maximum absolute atomic E-state index is 12.7. The lowest BCUT2D eigenvalue weighted by atomic mass is 9.97. The SMILES string of the molecule is COc1cccc(CNC(=O)C2CCN(S(=O)(=O)c3ccc(Cl)cc3)CC2)c1. The second kappa shape index (κ2) is 8.94. The Hall–Kier alpha value is -2.09. The van der Waals surface area contributed by atoms with E-state index in [2.05, 4.69) is 5.32 Å². The maximum atomic E-state index is 12.7. The second-order valence-corrected chi connectivity index (χ2v) is 9.08. The highest BCUT2D eigenvalue weighted by Crippen LogP contribution is 2.25. The fraction of sp³-hybridized carbons (Fsp3) is 0.350. The zero-order valence-corrected chi connectivity index (χ0v) is 17.2. The molecule has 6 nitrogen and oxygen atoms in total. The van der Waals surface area contributed by atoms with E-state index in [9.17, 15) is 13.2 Å². The Morgan fingerprint density at radius 3 is 2.50 bits per heavy atom. The van der Waals surface area contributed by atoms with Crippen molar-refractivity contribution in [2.75, 3.05) is 20.2 Å². The minimum Gasteiger partial charge on any atom is -0.497 e. The average Bonchev–Trinajstić information content (AvgIpc) is 2.72. The number of benzene rings is 2. The molecule has 1 N–H and O–H groups in total. The number of nitrogens with zero attached hydrogens (tertiary/aromatic N) is 1. The number of nitrogens with one attached hydrogen (secondary N) is 1. The number of amides is 1. The lowest BCUT2D eigenvalue weighted by Gasteiger charge is -2.30. The molecule has 1 saturated heterocycles. The number of rotatable bonds is 6. The molecule has 1 amide bonds. The van der Waals surface area contributed by atoms with Gasteiger partial charge < -0.3 is 10.1 Å². The molecule has 0 aliphatic carbocycles. The Labute approximate surface area is 170 Å². The molecule has 3 rings (SSSR count). The number of halogens is 1. The van der Waals surface area contributed by atoms with Crippen LogP contribution in [0.25, 0.3) is 0 Å². The highest BCUT2D eigenvalue weighted by Gasteiger charge is 2.31. The lowest BCUT2D eigenvalue weighted by Crippen LogP contribution is -2.42. The summed E-state index contributed by atoms with van der Waals surface area (Å²) in [5.74, 6) is 0.501. The Balaban J connectivity index is 1.54. The predicted octanol–water partition coefficient (Wildman–Crippen LogP) is 3.07. The van der Waals surface area contributed by atoms with E-state index >= 15 is 0 Å². The first-order valence-corrected chi connectivity index (χ1v) is 10.9. The van der Waals surface area contributed by atoms with Gasteiger partial charge in [-0.2, -0.15) is 4.31 Å². The van der Waals surface area contributed by atoms with Crippen molar-refractivity contribution in [3.8, 4) is 5.75 Å². The molecule has 2 aromatic rings. The molecule has 0 unspecified atom stereocenters. The average molecular weight is 423 g/mol. The van der Waals surface area contributed by atoms with Crippen molar-refractivity contribution >= 4 is 27.5 Å². The Morgan fingerprint density at radius 1 is 1.18 bits per heavy atom. The van der Waals surface area contributed by atoms with Crippen molar-refractivity contribution in [1.29, 1.82) is 0 Å². The van der Waals surface area contributed by atoms with E-state index in [1.165, 1.54) is 16.4 Å². The highest BCUT2D eigenvalue weighted by atomic mass is 35.5. The maximum Gasteiger partial charge on any atom is 0.243 e. The third-order valence-corrected chi connectivity index (χ3v) is 7.04. The van der Waals surface area contributed by atoms with E-state index in [-0.39, 0.29) is 16.7 Å². The van der Waals surface area contributed by atoms with Crippen molar-refractivity contribution in [2.24, 2.45) is 5.92 Å². The van der Waals surface area contributed by atoms with Gasteiger partial charge in [-0.05, 0) is 54.8 Å². The van der Waals surface area contributed by atoms with Crippen LogP contribution in [0, 0.1) is 5.92 Å². The Bertz CT molecular complexity index is 923. The number of sulfonamides is 1. The standard InChI is InChI=1S/C20H23ClN2O4S/c1-27-18-4-2-3-15(13-18)14-22-20(24)16-9-11-23(12-10-16)28(25,26)19-7-5-17(21)6-8-19/h2-8,13,16H,9-12,14H2,1H3,(H,22,24). The van der Waals surface area contributed by atoms with Crippen LogP contribution in [0.4, 0.5) is 0 Å². The first-order chi connectivity index (χ1) is 13.4. The van der Waals surface area contributed by atoms with Gasteiger partial charge in [0.2, 0.25) is 15.9 Å². The molecule has 0 spiro atoms. The van der Waals surface area contributed by atoms with Gasteiger partial charge in [-0.25, -0.2) is 8.42 Å². The van der Waals surface area contributed by atoms with Crippen LogP contribution in [-0.4, -0.2) is 38.8 Å². The predicted molar refractivity (Wildman–Crippen MR) is 108 cm³/mol. The minimum absolute atomic E-state index is 0.0497. The van der Waals surface area contributed by atoms with Crippen molar-refractivity contribution in [2.45, 2.75) is 24.3 Å². The summed E-state index contributed by atoms with van der Waals surface area (Å²) >= 11 is 5.83. The van der Waals surface area contributed by atoms with Crippen LogP contribution in [0.15, 0.2) is 53.4 Å². The van der Waals surface area contributed by atoms with Crippen LogP contribution in [0.1, 0.15) is 18.4 Å². The number of hydrogen-bond acceptors (Lipinski definition) is 4. The van der Waals surface area contributed by atoms with Crippen molar-refractivity contribution in [3.63, 3.8) is 0 Å². The summed E-state index contributed by atoms with van der Waals surface area (Å²) in [5.41, 5.74) is 0.954. The molecule has 1 aliphatic heterocycles. The van der Waals surface area contributed by atoms with Crippen LogP contribution in [0.2, 0.25) is 5.02 Å². The van der Waals surface area contributed by atoms with Gasteiger partial charge in [0.05, 0.1) is 12.0 Å².